The molecule has 0 spiro atoms. The predicted octanol–water partition coefficient (Wildman–Crippen LogP) is 2.86. The zero-order valence-electron chi connectivity index (χ0n) is 10.1. The van der Waals surface area contributed by atoms with E-state index in [1.165, 1.54) is 7.11 Å². The molecule has 4 nitrogen and oxygen atoms in total. The van der Waals surface area contributed by atoms with Crippen molar-refractivity contribution in [3.63, 3.8) is 0 Å². The summed E-state index contributed by atoms with van der Waals surface area (Å²) in [6.45, 7) is 0. The number of nitrogens with two attached hydrogens (primary N) is 1. The maximum Gasteiger partial charge on any atom is 0.312 e. The third-order valence-electron chi connectivity index (χ3n) is 3.73. The monoisotopic (exact) mass is 269 g/mol. The highest BCUT2D eigenvalue weighted by atomic mass is 35.5. The van der Waals surface area contributed by atoms with Gasteiger partial charge in [-0.25, -0.2) is 0 Å². The summed E-state index contributed by atoms with van der Waals surface area (Å²) in [5, 5.41) is 9.90. The first-order valence-corrected chi connectivity index (χ1v) is 6.20. The van der Waals surface area contributed by atoms with Gasteiger partial charge in [0.1, 0.15) is 0 Å². The largest absolute Gasteiger partial charge is 0.481 e. The molecular weight excluding hydrogens is 254 g/mol. The lowest BCUT2D eigenvalue weighted by Crippen LogP contribution is -2.44. The van der Waals surface area contributed by atoms with Crippen molar-refractivity contribution in [2.45, 2.75) is 25.4 Å². The SMILES string of the molecule is COC(c1ccc(Cl)c(N)c1)C1(C(=O)O)CCC1. The first kappa shape index (κ1) is 13.2. The fourth-order valence-electron chi connectivity index (χ4n) is 2.55. The van der Waals surface area contributed by atoms with Gasteiger partial charge in [-0.3, -0.25) is 4.79 Å². The van der Waals surface area contributed by atoms with E-state index in [2.05, 4.69) is 0 Å². The van der Waals surface area contributed by atoms with Crippen LogP contribution in [0.15, 0.2) is 18.2 Å². The molecule has 0 aliphatic heterocycles. The number of halogens is 1. The van der Waals surface area contributed by atoms with Crippen molar-refractivity contribution in [1.82, 2.24) is 0 Å². The minimum atomic E-state index is -0.824. The number of carboxylic acid groups (broad SMARTS) is 1. The van der Waals surface area contributed by atoms with E-state index < -0.39 is 17.5 Å². The van der Waals surface area contributed by atoms with E-state index in [-0.39, 0.29) is 0 Å². The average Bonchev–Trinajstić information content (AvgIpc) is 2.26. The van der Waals surface area contributed by atoms with Gasteiger partial charge >= 0.3 is 5.97 Å². The van der Waals surface area contributed by atoms with Crippen LogP contribution >= 0.6 is 11.6 Å². The van der Waals surface area contributed by atoms with Gasteiger partial charge in [-0.2, -0.15) is 0 Å². The van der Waals surface area contributed by atoms with Gasteiger partial charge in [-0.1, -0.05) is 24.1 Å². The number of rotatable bonds is 4. The first-order chi connectivity index (χ1) is 8.51. The van der Waals surface area contributed by atoms with Crippen LogP contribution in [0.4, 0.5) is 5.69 Å². The molecule has 98 valence electrons. The van der Waals surface area contributed by atoms with Gasteiger partial charge in [0.05, 0.1) is 22.2 Å². The summed E-state index contributed by atoms with van der Waals surface area (Å²) in [6.07, 6.45) is 1.69. The molecule has 0 bridgehead atoms. The molecule has 1 aliphatic carbocycles. The molecule has 1 unspecified atom stereocenters. The van der Waals surface area contributed by atoms with Gasteiger partial charge in [0.15, 0.2) is 0 Å². The Bertz CT molecular complexity index is 471. The topological polar surface area (TPSA) is 72.5 Å². The van der Waals surface area contributed by atoms with Gasteiger partial charge in [-0.05, 0) is 30.5 Å². The number of methoxy groups -OCH3 is 1. The van der Waals surface area contributed by atoms with Crippen LogP contribution < -0.4 is 5.73 Å². The first-order valence-electron chi connectivity index (χ1n) is 5.82. The quantitative estimate of drug-likeness (QED) is 0.825. The minimum Gasteiger partial charge on any atom is -0.481 e. The molecule has 1 fully saturated rings. The van der Waals surface area contributed by atoms with Crippen LogP contribution in [-0.2, 0) is 9.53 Å². The molecule has 18 heavy (non-hydrogen) atoms. The van der Waals surface area contributed by atoms with Crippen LogP contribution in [-0.4, -0.2) is 18.2 Å². The third kappa shape index (κ3) is 1.95. The number of nitrogen functional groups attached to an aromatic ring is 1. The number of benzene rings is 1. The Morgan fingerprint density at radius 3 is 2.61 bits per heavy atom. The molecule has 0 amide bonds. The van der Waals surface area contributed by atoms with Crippen molar-refractivity contribution in [2.24, 2.45) is 5.41 Å². The zero-order chi connectivity index (χ0) is 13.3. The second kappa shape index (κ2) is 4.78. The van der Waals surface area contributed by atoms with Gasteiger partial charge < -0.3 is 15.6 Å². The van der Waals surface area contributed by atoms with Gasteiger partial charge in [-0.15, -0.1) is 0 Å². The number of hydrogen-bond donors (Lipinski definition) is 2. The van der Waals surface area contributed by atoms with Crippen molar-refractivity contribution >= 4 is 23.3 Å². The van der Waals surface area contributed by atoms with Crippen molar-refractivity contribution in [1.29, 1.82) is 0 Å². The van der Waals surface area contributed by atoms with E-state index in [4.69, 9.17) is 22.1 Å². The summed E-state index contributed by atoms with van der Waals surface area (Å²) >= 11 is 5.87. The fraction of sp³-hybridized carbons (Fsp3) is 0.462. The van der Waals surface area contributed by atoms with E-state index in [1.54, 1.807) is 18.2 Å². The maximum absolute atomic E-state index is 11.5. The van der Waals surface area contributed by atoms with Gasteiger partial charge in [0.25, 0.3) is 0 Å². The van der Waals surface area contributed by atoms with Crippen LogP contribution in [0.25, 0.3) is 0 Å². The fourth-order valence-corrected chi connectivity index (χ4v) is 2.67. The van der Waals surface area contributed by atoms with Gasteiger partial charge in [0.2, 0.25) is 0 Å². The Labute approximate surface area is 111 Å². The zero-order valence-corrected chi connectivity index (χ0v) is 10.9. The smallest absolute Gasteiger partial charge is 0.312 e. The molecule has 1 aliphatic rings. The second-order valence-electron chi connectivity index (χ2n) is 4.71. The van der Waals surface area contributed by atoms with Crippen molar-refractivity contribution in [2.75, 3.05) is 12.8 Å². The van der Waals surface area contributed by atoms with Crippen LogP contribution in [0.1, 0.15) is 30.9 Å². The predicted molar refractivity (Wildman–Crippen MR) is 69.5 cm³/mol. The molecule has 0 heterocycles. The van der Waals surface area contributed by atoms with Crippen molar-refractivity contribution in [3.05, 3.63) is 28.8 Å². The number of carboxylic acids is 1. The number of hydrogen-bond acceptors (Lipinski definition) is 3. The summed E-state index contributed by atoms with van der Waals surface area (Å²) in [7, 11) is 1.53. The summed E-state index contributed by atoms with van der Waals surface area (Å²) < 4.78 is 5.42. The molecule has 0 aromatic heterocycles. The highest BCUT2D eigenvalue weighted by molar-refractivity contribution is 6.33. The van der Waals surface area contributed by atoms with Crippen molar-refractivity contribution < 1.29 is 14.6 Å². The molecule has 1 atom stereocenters. The lowest BCUT2D eigenvalue weighted by Gasteiger charge is -2.43. The Morgan fingerprint density at radius 2 is 2.22 bits per heavy atom. The van der Waals surface area contributed by atoms with Crippen LogP contribution in [0.2, 0.25) is 5.02 Å². The molecule has 1 aromatic rings. The summed E-state index contributed by atoms with van der Waals surface area (Å²) in [5.74, 6) is -0.811. The highest BCUT2D eigenvalue weighted by Gasteiger charge is 2.51. The Kier molecular flexibility index (Phi) is 3.50. The van der Waals surface area contributed by atoms with Crippen LogP contribution in [0.5, 0.6) is 0 Å². The molecule has 0 saturated heterocycles. The molecule has 5 heteroatoms. The highest BCUT2D eigenvalue weighted by Crippen LogP contribution is 2.52. The molecule has 0 radical (unpaired) electrons. The lowest BCUT2D eigenvalue weighted by atomic mass is 9.63. The number of carbonyl (C=O) groups is 1. The minimum absolute atomic E-state index is 0.441. The molecule has 1 saturated carbocycles. The van der Waals surface area contributed by atoms with E-state index >= 15 is 0 Å². The molecular formula is C13H16ClNO3. The molecule has 3 N–H and O–H groups in total. The van der Waals surface area contributed by atoms with Crippen molar-refractivity contribution in [3.8, 4) is 0 Å². The van der Waals surface area contributed by atoms with E-state index in [1.807, 2.05) is 0 Å². The molecule has 2 rings (SSSR count). The average molecular weight is 270 g/mol. The van der Waals surface area contributed by atoms with Crippen LogP contribution in [0, 0.1) is 5.41 Å². The number of ether oxygens (including phenoxy) is 1. The standard InChI is InChI=1S/C13H16ClNO3/c1-18-11(13(12(16)17)5-2-6-13)8-3-4-9(14)10(15)7-8/h3-4,7,11H,2,5-6,15H2,1H3,(H,16,17). The third-order valence-corrected chi connectivity index (χ3v) is 4.08. The van der Waals surface area contributed by atoms with Crippen LogP contribution in [0.3, 0.4) is 0 Å². The van der Waals surface area contributed by atoms with E-state index in [9.17, 15) is 9.90 Å². The number of aliphatic carboxylic acids is 1. The maximum atomic E-state index is 11.5. The summed E-state index contributed by atoms with van der Waals surface area (Å²) in [4.78, 5) is 11.5. The van der Waals surface area contributed by atoms with E-state index in [0.717, 1.165) is 12.0 Å². The normalized spacial score (nSPS) is 19.0. The van der Waals surface area contributed by atoms with E-state index in [0.29, 0.717) is 23.6 Å². The summed E-state index contributed by atoms with van der Waals surface area (Å²) in [5.41, 5.74) is 6.14. The van der Waals surface area contributed by atoms with Gasteiger partial charge in [0, 0.05) is 7.11 Å². The Hall–Kier alpha value is -1.26. The lowest BCUT2D eigenvalue weighted by molar-refractivity contribution is -0.169. The Balaban J connectivity index is 2.38. The second-order valence-corrected chi connectivity index (χ2v) is 5.12. The Morgan fingerprint density at radius 1 is 1.56 bits per heavy atom. The molecule has 1 aromatic carbocycles. The summed E-state index contributed by atoms with van der Waals surface area (Å²) in [6, 6.07) is 5.14. The number of anilines is 1.